The van der Waals surface area contributed by atoms with Crippen LogP contribution in [0.1, 0.15) is 27.2 Å². The zero-order chi connectivity index (χ0) is 14.6. The second kappa shape index (κ2) is 5.92. The normalized spacial score (nSPS) is 12.1. The number of carboxylic acids is 1. The van der Waals surface area contributed by atoms with Crippen LogP contribution >= 0.6 is 0 Å². The van der Waals surface area contributed by atoms with E-state index in [1.165, 1.54) is 0 Å². The number of carbonyl (C=O) groups is 2. The van der Waals surface area contributed by atoms with Crippen molar-refractivity contribution in [3.63, 3.8) is 0 Å². The molecular weight excluding hydrogens is 253 g/mol. The molecule has 0 unspecified atom stereocenters. The van der Waals surface area contributed by atoms with Crippen molar-refractivity contribution >= 4 is 12.0 Å². The number of hydrogen-bond donors (Lipinski definition) is 2. The third kappa shape index (κ3) is 6.97. The molecule has 18 heavy (non-hydrogen) atoms. The molecule has 2 N–H and O–H groups in total. The fourth-order valence-electron chi connectivity index (χ4n) is 1.22. The minimum Gasteiger partial charge on any atom is -0.481 e. The molecule has 0 aliphatic heterocycles. The number of nitrogens with one attached hydrogen (secondary N) is 1. The lowest BCUT2D eigenvalue weighted by Gasteiger charge is -2.35. The summed E-state index contributed by atoms with van der Waals surface area (Å²) in [5.41, 5.74) is -0.759. The van der Waals surface area contributed by atoms with E-state index in [-0.39, 0.29) is 13.0 Å². The Labute approximate surface area is 103 Å². The summed E-state index contributed by atoms with van der Waals surface area (Å²) in [6.07, 6.45) is -4.82. The van der Waals surface area contributed by atoms with E-state index in [0.717, 1.165) is 4.90 Å². The maximum absolute atomic E-state index is 12.0. The number of carbonyl (C=O) groups excluding carboxylic acids is 1. The number of halogens is 3. The molecule has 2 amide bonds. The van der Waals surface area contributed by atoms with Crippen molar-refractivity contribution in [2.45, 2.75) is 38.9 Å². The van der Waals surface area contributed by atoms with Crippen LogP contribution in [0, 0.1) is 0 Å². The molecule has 0 aliphatic carbocycles. The highest BCUT2D eigenvalue weighted by Gasteiger charge is 2.31. The Morgan fingerprint density at radius 1 is 1.22 bits per heavy atom. The predicted octanol–water partition coefficient (Wildman–Crippen LogP) is 1.83. The third-order valence-corrected chi connectivity index (χ3v) is 2.04. The van der Waals surface area contributed by atoms with Crippen LogP contribution in [0.4, 0.5) is 18.0 Å². The first-order valence-electron chi connectivity index (χ1n) is 5.27. The van der Waals surface area contributed by atoms with Crippen molar-refractivity contribution in [3.05, 3.63) is 0 Å². The maximum atomic E-state index is 12.0. The summed E-state index contributed by atoms with van der Waals surface area (Å²) in [6.45, 7) is 3.25. The van der Waals surface area contributed by atoms with Gasteiger partial charge in [-0.15, -0.1) is 0 Å². The van der Waals surface area contributed by atoms with Gasteiger partial charge in [0.25, 0.3) is 0 Å². The van der Waals surface area contributed by atoms with E-state index >= 15 is 0 Å². The van der Waals surface area contributed by atoms with Crippen LogP contribution in [0.5, 0.6) is 0 Å². The van der Waals surface area contributed by atoms with Gasteiger partial charge in [-0.05, 0) is 20.8 Å². The van der Waals surface area contributed by atoms with Gasteiger partial charge in [-0.25, -0.2) is 4.79 Å². The van der Waals surface area contributed by atoms with Gasteiger partial charge in [-0.3, -0.25) is 4.79 Å². The second-order valence-corrected chi connectivity index (χ2v) is 4.74. The van der Waals surface area contributed by atoms with E-state index < -0.39 is 30.3 Å². The van der Waals surface area contributed by atoms with Crippen molar-refractivity contribution in [3.8, 4) is 0 Å². The van der Waals surface area contributed by atoms with Crippen LogP contribution in [0.25, 0.3) is 0 Å². The van der Waals surface area contributed by atoms with Crippen molar-refractivity contribution in [1.29, 1.82) is 0 Å². The Hall–Kier alpha value is -1.47. The van der Waals surface area contributed by atoms with Crippen LogP contribution in [0.15, 0.2) is 0 Å². The largest absolute Gasteiger partial charge is 0.481 e. The number of nitrogens with zero attached hydrogens (tertiary/aromatic N) is 1. The second-order valence-electron chi connectivity index (χ2n) is 4.74. The van der Waals surface area contributed by atoms with Gasteiger partial charge >= 0.3 is 18.2 Å². The van der Waals surface area contributed by atoms with Gasteiger partial charge in [0.15, 0.2) is 0 Å². The molecule has 5 nitrogen and oxygen atoms in total. The Morgan fingerprint density at radius 2 is 1.72 bits per heavy atom. The Morgan fingerprint density at radius 3 is 2.06 bits per heavy atom. The first-order chi connectivity index (χ1) is 7.93. The minimum absolute atomic E-state index is 0.150. The van der Waals surface area contributed by atoms with Crippen molar-refractivity contribution in [1.82, 2.24) is 10.2 Å². The number of carboxylic acid groups (broad SMARTS) is 1. The Balaban J connectivity index is 4.56. The smallest absolute Gasteiger partial charge is 0.405 e. The average Bonchev–Trinajstić information content (AvgIpc) is 2.11. The van der Waals surface area contributed by atoms with Gasteiger partial charge in [0.05, 0.1) is 6.42 Å². The molecule has 0 atom stereocenters. The summed E-state index contributed by atoms with van der Waals surface area (Å²) in [6, 6.07) is -0.930. The van der Waals surface area contributed by atoms with Crippen molar-refractivity contribution < 1.29 is 27.9 Å². The molecule has 106 valence electrons. The lowest BCUT2D eigenvalue weighted by atomic mass is 10.1. The molecule has 0 spiro atoms. The van der Waals surface area contributed by atoms with Crippen LogP contribution in [0.2, 0.25) is 0 Å². The zero-order valence-electron chi connectivity index (χ0n) is 10.5. The standard InChI is InChI=1S/C10H17F3N2O3/c1-9(2,3)15(5-4-7(16)17)8(18)14-6-10(11,12)13/h4-6H2,1-3H3,(H,14,18)(H,16,17). The number of amides is 2. The van der Waals surface area contributed by atoms with Crippen LogP contribution in [0.3, 0.4) is 0 Å². The SMILES string of the molecule is CC(C)(C)N(CCC(=O)O)C(=O)NCC(F)(F)F. The molecule has 0 bridgehead atoms. The zero-order valence-corrected chi connectivity index (χ0v) is 10.5. The van der Waals surface area contributed by atoms with Gasteiger partial charge in [-0.1, -0.05) is 0 Å². The number of aliphatic carboxylic acids is 1. The first-order valence-corrected chi connectivity index (χ1v) is 5.27. The van der Waals surface area contributed by atoms with Gasteiger partial charge in [0, 0.05) is 12.1 Å². The van der Waals surface area contributed by atoms with Crippen LogP contribution < -0.4 is 5.32 Å². The molecule has 0 saturated carbocycles. The highest BCUT2D eigenvalue weighted by Crippen LogP contribution is 2.16. The maximum Gasteiger partial charge on any atom is 0.405 e. The fraction of sp³-hybridized carbons (Fsp3) is 0.800. The summed E-state index contributed by atoms with van der Waals surface area (Å²) < 4.78 is 35.9. The number of alkyl halides is 3. The average molecular weight is 270 g/mol. The molecule has 0 aromatic heterocycles. The van der Waals surface area contributed by atoms with Crippen LogP contribution in [-0.2, 0) is 4.79 Å². The molecule has 0 saturated heterocycles. The molecule has 0 rings (SSSR count). The lowest BCUT2D eigenvalue weighted by Crippen LogP contribution is -2.52. The van der Waals surface area contributed by atoms with E-state index in [2.05, 4.69) is 0 Å². The lowest BCUT2D eigenvalue weighted by molar-refractivity contribution is -0.137. The van der Waals surface area contributed by atoms with Crippen molar-refractivity contribution in [2.24, 2.45) is 0 Å². The highest BCUT2D eigenvalue weighted by molar-refractivity contribution is 5.76. The van der Waals surface area contributed by atoms with E-state index in [9.17, 15) is 22.8 Å². The molecule has 0 heterocycles. The van der Waals surface area contributed by atoms with Gasteiger partial charge in [0.1, 0.15) is 6.54 Å². The van der Waals surface area contributed by atoms with E-state index in [0.29, 0.717) is 0 Å². The summed E-state index contributed by atoms with van der Waals surface area (Å²) >= 11 is 0. The number of hydrogen-bond acceptors (Lipinski definition) is 2. The molecule has 0 aromatic rings. The Kier molecular flexibility index (Phi) is 5.44. The molecular formula is C10H17F3N2O3. The summed E-state index contributed by atoms with van der Waals surface area (Å²) in [5, 5.41) is 10.3. The predicted molar refractivity (Wildman–Crippen MR) is 58.2 cm³/mol. The molecule has 0 aromatic carbocycles. The molecule has 0 radical (unpaired) electrons. The van der Waals surface area contributed by atoms with Crippen LogP contribution in [-0.4, -0.2) is 46.8 Å². The van der Waals surface area contributed by atoms with E-state index in [1.807, 2.05) is 0 Å². The summed E-state index contributed by atoms with van der Waals surface area (Å²) in [5.74, 6) is -1.12. The number of rotatable bonds is 4. The topological polar surface area (TPSA) is 69.6 Å². The monoisotopic (exact) mass is 270 g/mol. The minimum atomic E-state index is -4.49. The van der Waals surface area contributed by atoms with E-state index in [4.69, 9.17) is 5.11 Å². The molecule has 8 heteroatoms. The van der Waals surface area contributed by atoms with Gasteiger partial charge < -0.3 is 15.3 Å². The Bertz CT molecular complexity index is 310. The van der Waals surface area contributed by atoms with Gasteiger partial charge in [-0.2, -0.15) is 13.2 Å². The quantitative estimate of drug-likeness (QED) is 0.818. The van der Waals surface area contributed by atoms with Crippen molar-refractivity contribution in [2.75, 3.05) is 13.1 Å². The summed E-state index contributed by atoms with van der Waals surface area (Å²) in [4.78, 5) is 23.1. The highest BCUT2D eigenvalue weighted by atomic mass is 19.4. The van der Waals surface area contributed by atoms with E-state index in [1.54, 1.807) is 26.1 Å². The molecule has 0 aliphatic rings. The summed E-state index contributed by atoms with van der Waals surface area (Å²) in [7, 11) is 0. The molecule has 0 fully saturated rings. The fourth-order valence-corrected chi connectivity index (χ4v) is 1.22. The van der Waals surface area contributed by atoms with Gasteiger partial charge in [0.2, 0.25) is 0 Å². The first kappa shape index (κ1) is 16.5. The number of urea groups is 1. The third-order valence-electron chi connectivity index (χ3n) is 2.04.